The van der Waals surface area contributed by atoms with Gasteiger partial charge in [-0.25, -0.2) is 9.97 Å². The van der Waals surface area contributed by atoms with Crippen LogP contribution in [0.4, 0.5) is 5.82 Å². The highest BCUT2D eigenvalue weighted by Crippen LogP contribution is 2.51. The lowest BCUT2D eigenvalue weighted by molar-refractivity contribution is 0.396. The maximum atomic E-state index is 5.13. The van der Waals surface area contributed by atoms with Crippen molar-refractivity contribution in [2.24, 2.45) is 5.41 Å². The van der Waals surface area contributed by atoms with Crippen LogP contribution in [0.2, 0.25) is 0 Å². The summed E-state index contributed by atoms with van der Waals surface area (Å²) in [7, 11) is 1.64. The molecule has 1 saturated carbocycles. The van der Waals surface area contributed by atoms with Crippen LogP contribution in [0.5, 0.6) is 5.88 Å². The normalized spacial score (nSPS) is 22.2. The molecular formula is C12H16N3O. The minimum atomic E-state index is 0.496. The number of methoxy groups -OCH3 is 1. The molecule has 1 aromatic heterocycles. The Morgan fingerprint density at radius 1 is 1.38 bits per heavy atom. The van der Waals surface area contributed by atoms with Crippen LogP contribution in [0.15, 0.2) is 12.4 Å². The van der Waals surface area contributed by atoms with E-state index < -0.39 is 0 Å². The molecule has 2 aliphatic rings. The third kappa shape index (κ3) is 1.72. The Bertz CT molecular complexity index is 390. The second kappa shape index (κ2) is 3.61. The lowest BCUT2D eigenvalue weighted by Crippen LogP contribution is -2.37. The van der Waals surface area contributed by atoms with Gasteiger partial charge in [0.2, 0.25) is 5.88 Å². The van der Waals surface area contributed by atoms with Gasteiger partial charge in [0.1, 0.15) is 12.1 Å². The van der Waals surface area contributed by atoms with Crippen molar-refractivity contribution in [3.8, 4) is 5.88 Å². The van der Waals surface area contributed by atoms with Gasteiger partial charge in [-0.05, 0) is 31.1 Å². The molecule has 4 nitrogen and oxygen atoms in total. The highest BCUT2D eigenvalue weighted by Gasteiger charge is 2.45. The molecule has 0 aromatic carbocycles. The van der Waals surface area contributed by atoms with E-state index >= 15 is 0 Å². The second-order valence-electron chi connectivity index (χ2n) is 4.70. The van der Waals surface area contributed by atoms with E-state index in [0.29, 0.717) is 11.3 Å². The number of rotatable bonds is 2. The van der Waals surface area contributed by atoms with Crippen molar-refractivity contribution in [1.29, 1.82) is 0 Å². The maximum Gasteiger partial charge on any atom is 0.218 e. The summed E-state index contributed by atoms with van der Waals surface area (Å²) in [5.41, 5.74) is 0.496. The molecule has 1 aliphatic carbocycles. The summed E-state index contributed by atoms with van der Waals surface area (Å²) in [5.74, 6) is 1.63. The molecule has 1 aliphatic heterocycles. The first kappa shape index (κ1) is 9.87. The van der Waals surface area contributed by atoms with Crippen LogP contribution in [0.3, 0.4) is 0 Å². The van der Waals surface area contributed by atoms with E-state index in [2.05, 4.69) is 21.3 Å². The molecule has 1 saturated heterocycles. The molecule has 4 heteroatoms. The van der Waals surface area contributed by atoms with E-state index in [4.69, 9.17) is 4.74 Å². The molecule has 16 heavy (non-hydrogen) atoms. The van der Waals surface area contributed by atoms with E-state index in [1.54, 1.807) is 13.4 Å². The van der Waals surface area contributed by atoms with Crippen LogP contribution in [0.1, 0.15) is 19.3 Å². The third-order valence-corrected chi connectivity index (χ3v) is 3.54. The number of piperidine rings is 1. The minimum Gasteiger partial charge on any atom is -0.481 e. The fourth-order valence-electron chi connectivity index (χ4n) is 2.38. The Labute approximate surface area is 95.7 Å². The van der Waals surface area contributed by atoms with Crippen LogP contribution in [0.25, 0.3) is 0 Å². The number of nitrogens with zero attached hydrogens (tertiary/aromatic N) is 3. The Morgan fingerprint density at radius 2 is 2.25 bits per heavy atom. The van der Waals surface area contributed by atoms with Crippen LogP contribution >= 0.6 is 0 Å². The average Bonchev–Trinajstić information content (AvgIpc) is 3.08. The van der Waals surface area contributed by atoms with E-state index in [1.165, 1.54) is 12.8 Å². The van der Waals surface area contributed by atoms with Gasteiger partial charge in [-0.2, -0.15) is 0 Å². The van der Waals surface area contributed by atoms with Crippen LogP contribution in [0, 0.1) is 11.8 Å². The topological polar surface area (TPSA) is 38.2 Å². The summed E-state index contributed by atoms with van der Waals surface area (Å²) in [6.07, 6.45) is 7.90. The Kier molecular flexibility index (Phi) is 2.23. The van der Waals surface area contributed by atoms with Crippen molar-refractivity contribution in [2.45, 2.75) is 19.3 Å². The molecule has 1 spiro atoms. The Balaban J connectivity index is 1.80. The largest absolute Gasteiger partial charge is 0.481 e. The van der Waals surface area contributed by atoms with E-state index in [0.717, 1.165) is 25.3 Å². The summed E-state index contributed by atoms with van der Waals surface area (Å²) < 4.78 is 5.13. The second-order valence-corrected chi connectivity index (χ2v) is 4.70. The number of anilines is 1. The molecule has 2 fully saturated rings. The van der Waals surface area contributed by atoms with Crippen LogP contribution in [-0.4, -0.2) is 30.2 Å². The molecule has 0 amide bonds. The van der Waals surface area contributed by atoms with Gasteiger partial charge in [0, 0.05) is 19.2 Å². The number of hydrogen-bond donors (Lipinski definition) is 0. The summed E-state index contributed by atoms with van der Waals surface area (Å²) in [5, 5.41) is 0. The minimum absolute atomic E-state index is 0.496. The standard InChI is InChI=1S/C12H16N3O/c1-16-11-7-10(13-9-14-11)15-6-2-3-12(8-15)4-5-12/h3,7,9H,2,4-6,8H2,1H3. The van der Waals surface area contributed by atoms with E-state index in [1.807, 2.05) is 6.07 Å². The van der Waals surface area contributed by atoms with Gasteiger partial charge in [-0.1, -0.05) is 0 Å². The zero-order valence-electron chi connectivity index (χ0n) is 9.52. The van der Waals surface area contributed by atoms with Crippen molar-refractivity contribution in [3.63, 3.8) is 0 Å². The van der Waals surface area contributed by atoms with Crippen molar-refractivity contribution >= 4 is 5.82 Å². The zero-order valence-corrected chi connectivity index (χ0v) is 9.52. The number of hydrogen-bond acceptors (Lipinski definition) is 4. The van der Waals surface area contributed by atoms with Crippen molar-refractivity contribution < 1.29 is 4.74 Å². The van der Waals surface area contributed by atoms with Gasteiger partial charge in [0.25, 0.3) is 0 Å². The van der Waals surface area contributed by atoms with Gasteiger partial charge in [-0.3, -0.25) is 0 Å². The zero-order chi connectivity index (χ0) is 11.0. The van der Waals surface area contributed by atoms with E-state index in [-0.39, 0.29) is 0 Å². The van der Waals surface area contributed by atoms with Crippen LogP contribution < -0.4 is 9.64 Å². The third-order valence-electron chi connectivity index (χ3n) is 3.54. The highest BCUT2D eigenvalue weighted by molar-refractivity contribution is 5.43. The SMILES string of the molecule is COc1cc(N2CC[CH]C3(CC3)C2)ncn1. The molecule has 0 N–H and O–H groups in total. The molecule has 0 bridgehead atoms. The number of ether oxygens (including phenoxy) is 1. The van der Waals surface area contributed by atoms with Crippen LogP contribution in [-0.2, 0) is 0 Å². The van der Waals surface area contributed by atoms with Crippen molar-refractivity contribution in [2.75, 3.05) is 25.1 Å². The summed E-state index contributed by atoms with van der Waals surface area (Å²) >= 11 is 0. The lowest BCUT2D eigenvalue weighted by atomic mass is 9.95. The van der Waals surface area contributed by atoms with Gasteiger partial charge in [0.15, 0.2) is 0 Å². The van der Waals surface area contributed by atoms with Gasteiger partial charge >= 0.3 is 0 Å². The summed E-state index contributed by atoms with van der Waals surface area (Å²) in [6, 6.07) is 1.92. The van der Waals surface area contributed by atoms with Crippen molar-refractivity contribution in [1.82, 2.24) is 9.97 Å². The smallest absolute Gasteiger partial charge is 0.218 e. The molecule has 3 rings (SSSR count). The lowest BCUT2D eigenvalue weighted by Gasteiger charge is -2.33. The van der Waals surface area contributed by atoms with Crippen molar-refractivity contribution in [3.05, 3.63) is 18.8 Å². The molecule has 0 unspecified atom stereocenters. The predicted octanol–water partition coefficient (Wildman–Crippen LogP) is 1.68. The fourth-order valence-corrected chi connectivity index (χ4v) is 2.38. The molecular weight excluding hydrogens is 202 g/mol. The van der Waals surface area contributed by atoms with Gasteiger partial charge < -0.3 is 9.64 Å². The molecule has 1 radical (unpaired) electrons. The Morgan fingerprint density at radius 3 is 3.00 bits per heavy atom. The molecule has 0 atom stereocenters. The summed E-state index contributed by atoms with van der Waals surface area (Å²) in [6.45, 7) is 2.16. The Hall–Kier alpha value is -1.32. The van der Waals surface area contributed by atoms with Gasteiger partial charge in [-0.15, -0.1) is 0 Å². The summed E-state index contributed by atoms with van der Waals surface area (Å²) in [4.78, 5) is 10.7. The monoisotopic (exact) mass is 218 g/mol. The average molecular weight is 218 g/mol. The first-order valence-electron chi connectivity index (χ1n) is 5.77. The number of aromatic nitrogens is 2. The quantitative estimate of drug-likeness (QED) is 0.757. The molecule has 2 heterocycles. The molecule has 85 valence electrons. The highest BCUT2D eigenvalue weighted by atomic mass is 16.5. The van der Waals surface area contributed by atoms with Gasteiger partial charge in [0.05, 0.1) is 7.11 Å². The predicted molar refractivity (Wildman–Crippen MR) is 61.4 cm³/mol. The first-order chi connectivity index (χ1) is 7.81. The fraction of sp³-hybridized carbons (Fsp3) is 0.583. The molecule has 1 aromatic rings. The van der Waals surface area contributed by atoms with E-state index in [9.17, 15) is 0 Å². The first-order valence-corrected chi connectivity index (χ1v) is 5.77. The maximum absolute atomic E-state index is 5.13.